The fourth-order valence-electron chi connectivity index (χ4n) is 2.31. The molecule has 1 aromatic heterocycles. The molecule has 2 heterocycles. The Hall–Kier alpha value is -2.11. The molecule has 0 radical (unpaired) electrons. The van der Waals surface area contributed by atoms with Gasteiger partial charge in [-0.25, -0.2) is 0 Å². The molecule has 20 heavy (non-hydrogen) atoms. The molecule has 1 aliphatic rings. The first-order chi connectivity index (χ1) is 9.58. The van der Waals surface area contributed by atoms with Gasteiger partial charge >= 0.3 is 5.97 Å². The fraction of sp³-hybridized carbons (Fsp3) is 0.500. The van der Waals surface area contributed by atoms with Crippen LogP contribution in [0.15, 0.2) is 24.5 Å². The number of nitrogens with zero attached hydrogens (tertiary/aromatic N) is 2. The second-order valence-corrected chi connectivity index (χ2v) is 4.91. The van der Waals surface area contributed by atoms with E-state index >= 15 is 0 Å². The summed E-state index contributed by atoms with van der Waals surface area (Å²) in [6, 6.07) is 3.46. The molecule has 1 aliphatic heterocycles. The van der Waals surface area contributed by atoms with Gasteiger partial charge in [-0.15, -0.1) is 0 Å². The maximum atomic E-state index is 12.3. The second kappa shape index (κ2) is 6.36. The molecule has 2 rings (SSSR count). The van der Waals surface area contributed by atoms with E-state index in [-0.39, 0.29) is 12.5 Å². The standard InChI is InChI=1S/C14H18N2O4/c1-10(20-12-5-2-6-15-8-12)13(17)16-7-3-4-11(9-16)14(18)19/h2,5-6,8,10-11H,3-4,7,9H2,1H3,(H,18,19). The summed E-state index contributed by atoms with van der Waals surface area (Å²) < 4.78 is 5.52. The summed E-state index contributed by atoms with van der Waals surface area (Å²) in [5.74, 6) is -0.971. The van der Waals surface area contributed by atoms with Crippen molar-refractivity contribution in [2.45, 2.75) is 25.9 Å². The molecular weight excluding hydrogens is 260 g/mol. The Morgan fingerprint density at radius 1 is 1.55 bits per heavy atom. The summed E-state index contributed by atoms with van der Waals surface area (Å²) >= 11 is 0. The molecule has 2 unspecified atom stereocenters. The first kappa shape index (κ1) is 14.3. The quantitative estimate of drug-likeness (QED) is 0.894. The lowest BCUT2D eigenvalue weighted by molar-refractivity contribution is -0.147. The third-order valence-electron chi connectivity index (χ3n) is 3.38. The normalized spacial score (nSPS) is 20.2. The number of aliphatic carboxylic acids is 1. The summed E-state index contributed by atoms with van der Waals surface area (Å²) in [6.07, 6.45) is 3.85. The number of carbonyl (C=O) groups is 2. The average Bonchev–Trinajstić information content (AvgIpc) is 2.47. The summed E-state index contributed by atoms with van der Waals surface area (Å²) in [5, 5.41) is 9.03. The number of likely N-dealkylation sites (tertiary alicyclic amines) is 1. The van der Waals surface area contributed by atoms with Crippen molar-refractivity contribution in [1.82, 2.24) is 9.88 Å². The fourth-order valence-corrected chi connectivity index (χ4v) is 2.31. The van der Waals surface area contributed by atoms with Crippen LogP contribution in [-0.2, 0) is 9.59 Å². The molecule has 1 fully saturated rings. The van der Waals surface area contributed by atoms with Crippen LogP contribution in [0.2, 0.25) is 0 Å². The number of hydrogen-bond acceptors (Lipinski definition) is 4. The number of hydrogen-bond donors (Lipinski definition) is 1. The molecule has 0 aromatic carbocycles. The van der Waals surface area contributed by atoms with Gasteiger partial charge in [-0.05, 0) is 31.9 Å². The highest BCUT2D eigenvalue weighted by molar-refractivity contribution is 5.82. The maximum Gasteiger partial charge on any atom is 0.308 e. The van der Waals surface area contributed by atoms with Gasteiger partial charge in [-0.3, -0.25) is 14.6 Å². The van der Waals surface area contributed by atoms with Crippen LogP contribution in [0.25, 0.3) is 0 Å². The van der Waals surface area contributed by atoms with Gasteiger partial charge in [0.25, 0.3) is 5.91 Å². The van der Waals surface area contributed by atoms with E-state index in [1.165, 1.54) is 0 Å². The Bertz CT molecular complexity index is 477. The molecule has 1 saturated heterocycles. The largest absolute Gasteiger partial charge is 0.481 e. The number of piperidine rings is 1. The third-order valence-corrected chi connectivity index (χ3v) is 3.38. The SMILES string of the molecule is CC(Oc1cccnc1)C(=O)N1CCCC(C(=O)O)C1. The first-order valence-corrected chi connectivity index (χ1v) is 6.66. The molecule has 6 heteroatoms. The highest BCUT2D eigenvalue weighted by Crippen LogP contribution is 2.18. The van der Waals surface area contributed by atoms with Crippen LogP contribution in [0.5, 0.6) is 5.75 Å². The van der Waals surface area contributed by atoms with E-state index in [9.17, 15) is 9.59 Å². The summed E-state index contributed by atoms with van der Waals surface area (Å²) in [5.41, 5.74) is 0. The maximum absolute atomic E-state index is 12.3. The van der Waals surface area contributed by atoms with Crippen molar-refractivity contribution in [2.24, 2.45) is 5.92 Å². The highest BCUT2D eigenvalue weighted by atomic mass is 16.5. The van der Waals surface area contributed by atoms with Crippen LogP contribution < -0.4 is 4.74 Å². The van der Waals surface area contributed by atoms with Crippen LogP contribution in [0.3, 0.4) is 0 Å². The van der Waals surface area contributed by atoms with Crippen molar-refractivity contribution in [3.63, 3.8) is 0 Å². The van der Waals surface area contributed by atoms with Crippen LogP contribution in [-0.4, -0.2) is 46.1 Å². The number of carboxylic acid groups (broad SMARTS) is 1. The molecule has 0 spiro atoms. The molecule has 0 saturated carbocycles. The topological polar surface area (TPSA) is 79.7 Å². The number of amides is 1. The van der Waals surface area contributed by atoms with Crippen LogP contribution in [0.4, 0.5) is 0 Å². The Labute approximate surface area is 117 Å². The lowest BCUT2D eigenvalue weighted by Crippen LogP contribution is -2.47. The van der Waals surface area contributed by atoms with Gasteiger partial charge in [0.2, 0.25) is 0 Å². The molecule has 1 amide bonds. The number of aromatic nitrogens is 1. The van der Waals surface area contributed by atoms with E-state index in [2.05, 4.69) is 4.98 Å². The number of ether oxygens (including phenoxy) is 1. The van der Waals surface area contributed by atoms with E-state index in [1.807, 2.05) is 0 Å². The summed E-state index contributed by atoms with van der Waals surface area (Å²) in [7, 11) is 0. The third kappa shape index (κ3) is 3.46. The molecule has 0 aliphatic carbocycles. The van der Waals surface area contributed by atoms with Crippen molar-refractivity contribution in [3.8, 4) is 5.75 Å². The van der Waals surface area contributed by atoms with Gasteiger partial charge in [0.1, 0.15) is 5.75 Å². The van der Waals surface area contributed by atoms with Gasteiger partial charge in [-0.2, -0.15) is 0 Å². The zero-order valence-corrected chi connectivity index (χ0v) is 11.4. The van der Waals surface area contributed by atoms with Crippen molar-refractivity contribution in [3.05, 3.63) is 24.5 Å². The number of carboxylic acids is 1. The summed E-state index contributed by atoms with van der Waals surface area (Å²) in [4.78, 5) is 28.8. The minimum absolute atomic E-state index is 0.181. The lowest BCUT2D eigenvalue weighted by Gasteiger charge is -2.32. The van der Waals surface area contributed by atoms with E-state index < -0.39 is 18.0 Å². The van der Waals surface area contributed by atoms with Crippen molar-refractivity contribution < 1.29 is 19.4 Å². The number of carbonyl (C=O) groups excluding carboxylic acids is 1. The van der Waals surface area contributed by atoms with Gasteiger partial charge in [0, 0.05) is 19.3 Å². The zero-order chi connectivity index (χ0) is 14.5. The van der Waals surface area contributed by atoms with E-state index in [0.29, 0.717) is 25.1 Å². The zero-order valence-electron chi connectivity index (χ0n) is 11.4. The minimum Gasteiger partial charge on any atom is -0.481 e. The Balaban J connectivity index is 1.94. The lowest BCUT2D eigenvalue weighted by atomic mass is 9.98. The van der Waals surface area contributed by atoms with E-state index in [1.54, 1.807) is 36.4 Å². The van der Waals surface area contributed by atoms with Gasteiger partial charge in [0.05, 0.1) is 12.1 Å². The average molecular weight is 278 g/mol. The Kier molecular flexibility index (Phi) is 4.55. The van der Waals surface area contributed by atoms with Crippen LogP contribution >= 0.6 is 0 Å². The molecule has 6 nitrogen and oxygen atoms in total. The van der Waals surface area contributed by atoms with Crippen LogP contribution in [0.1, 0.15) is 19.8 Å². The molecule has 0 bridgehead atoms. The molecule has 1 aromatic rings. The van der Waals surface area contributed by atoms with E-state index in [0.717, 1.165) is 0 Å². The highest BCUT2D eigenvalue weighted by Gasteiger charge is 2.30. The van der Waals surface area contributed by atoms with Crippen LogP contribution in [0, 0.1) is 5.92 Å². The molecular formula is C14H18N2O4. The monoisotopic (exact) mass is 278 g/mol. The first-order valence-electron chi connectivity index (χ1n) is 6.66. The Morgan fingerprint density at radius 3 is 3.00 bits per heavy atom. The minimum atomic E-state index is -0.844. The summed E-state index contributed by atoms with van der Waals surface area (Å²) in [6.45, 7) is 2.51. The molecule has 108 valence electrons. The van der Waals surface area contributed by atoms with Crippen molar-refractivity contribution in [1.29, 1.82) is 0 Å². The van der Waals surface area contributed by atoms with Gasteiger partial charge < -0.3 is 14.7 Å². The second-order valence-electron chi connectivity index (χ2n) is 4.91. The molecule has 1 N–H and O–H groups in total. The number of pyridine rings is 1. The van der Waals surface area contributed by atoms with Gasteiger partial charge in [0.15, 0.2) is 6.10 Å². The van der Waals surface area contributed by atoms with Crippen molar-refractivity contribution >= 4 is 11.9 Å². The van der Waals surface area contributed by atoms with Gasteiger partial charge in [-0.1, -0.05) is 0 Å². The van der Waals surface area contributed by atoms with Crippen molar-refractivity contribution in [2.75, 3.05) is 13.1 Å². The number of rotatable bonds is 4. The predicted octanol–water partition coefficient (Wildman–Crippen LogP) is 1.17. The predicted molar refractivity (Wildman–Crippen MR) is 71.3 cm³/mol. The smallest absolute Gasteiger partial charge is 0.308 e. The van der Waals surface area contributed by atoms with E-state index in [4.69, 9.17) is 9.84 Å². The molecule has 2 atom stereocenters. The Morgan fingerprint density at radius 2 is 2.35 bits per heavy atom.